The van der Waals surface area contributed by atoms with Gasteiger partial charge in [-0.05, 0) is 36.0 Å². The Hall–Kier alpha value is -1.59. The van der Waals surface area contributed by atoms with Crippen LogP contribution in [0.15, 0.2) is 18.2 Å². The first-order valence-electron chi connectivity index (χ1n) is 8.57. The van der Waals surface area contributed by atoms with E-state index >= 15 is 0 Å². The molecule has 5 nitrogen and oxygen atoms in total. The summed E-state index contributed by atoms with van der Waals surface area (Å²) in [5.41, 5.74) is 3.77. The van der Waals surface area contributed by atoms with E-state index in [1.165, 1.54) is 11.1 Å². The van der Waals surface area contributed by atoms with Crippen molar-refractivity contribution in [3.8, 4) is 0 Å². The zero-order valence-corrected chi connectivity index (χ0v) is 15.0. The molecular weight excluding hydrogens is 326 g/mol. The molecule has 1 aromatic carbocycles. The molecule has 0 radical (unpaired) electrons. The standard InChI is InChI=1S/C18H25N3O2.ClH/c1-2-17(22)21-8-4-3-5-16(21)18(23)20-10-13-6-7-14-11-19-12-15(14)9-13;/h6-7,9,16,19H,2-5,8,10-12H2,1H3,(H,20,23);1H. The smallest absolute Gasteiger partial charge is 0.243 e. The number of halogens is 1. The van der Waals surface area contributed by atoms with Gasteiger partial charge >= 0.3 is 0 Å². The van der Waals surface area contributed by atoms with Crippen LogP contribution in [0, 0.1) is 0 Å². The number of rotatable bonds is 4. The molecule has 2 aliphatic rings. The maximum atomic E-state index is 12.5. The number of carbonyl (C=O) groups is 2. The Morgan fingerprint density at radius 2 is 2.04 bits per heavy atom. The van der Waals surface area contributed by atoms with Gasteiger partial charge in [-0.3, -0.25) is 9.59 Å². The fourth-order valence-corrected chi connectivity index (χ4v) is 3.47. The van der Waals surface area contributed by atoms with E-state index < -0.39 is 0 Å². The lowest BCUT2D eigenvalue weighted by Gasteiger charge is -2.34. The topological polar surface area (TPSA) is 61.4 Å². The molecule has 0 aromatic heterocycles. The predicted molar refractivity (Wildman–Crippen MR) is 95.7 cm³/mol. The summed E-state index contributed by atoms with van der Waals surface area (Å²) in [5, 5.41) is 6.34. The molecular formula is C18H26ClN3O2. The van der Waals surface area contributed by atoms with Crippen LogP contribution in [0.1, 0.15) is 49.3 Å². The molecule has 24 heavy (non-hydrogen) atoms. The van der Waals surface area contributed by atoms with Gasteiger partial charge < -0.3 is 15.5 Å². The van der Waals surface area contributed by atoms with Gasteiger partial charge in [-0.25, -0.2) is 0 Å². The minimum Gasteiger partial charge on any atom is -0.350 e. The average molecular weight is 352 g/mol. The molecule has 0 bridgehead atoms. The molecule has 3 rings (SSSR count). The van der Waals surface area contributed by atoms with Crippen molar-refractivity contribution in [3.05, 3.63) is 34.9 Å². The van der Waals surface area contributed by atoms with Crippen LogP contribution in [-0.4, -0.2) is 29.3 Å². The summed E-state index contributed by atoms with van der Waals surface area (Å²) >= 11 is 0. The first kappa shape index (κ1) is 18.7. The molecule has 2 N–H and O–H groups in total. The van der Waals surface area contributed by atoms with E-state index in [-0.39, 0.29) is 30.3 Å². The van der Waals surface area contributed by atoms with Crippen LogP contribution in [0.2, 0.25) is 0 Å². The van der Waals surface area contributed by atoms with Crippen LogP contribution >= 0.6 is 12.4 Å². The molecule has 1 atom stereocenters. The minimum atomic E-state index is -0.299. The molecule has 2 aliphatic heterocycles. The van der Waals surface area contributed by atoms with Crippen molar-refractivity contribution in [1.29, 1.82) is 0 Å². The second-order valence-corrected chi connectivity index (χ2v) is 6.38. The van der Waals surface area contributed by atoms with Crippen molar-refractivity contribution in [2.75, 3.05) is 6.54 Å². The lowest BCUT2D eigenvalue weighted by atomic mass is 10.0. The molecule has 1 fully saturated rings. The molecule has 2 heterocycles. The molecule has 2 amide bonds. The number of hydrogen-bond donors (Lipinski definition) is 2. The molecule has 0 spiro atoms. The third kappa shape index (κ3) is 4.08. The highest BCUT2D eigenvalue weighted by molar-refractivity contribution is 5.87. The van der Waals surface area contributed by atoms with Crippen LogP contribution < -0.4 is 10.6 Å². The Morgan fingerprint density at radius 3 is 2.83 bits per heavy atom. The average Bonchev–Trinajstić information content (AvgIpc) is 3.06. The fourth-order valence-electron chi connectivity index (χ4n) is 3.47. The first-order valence-corrected chi connectivity index (χ1v) is 8.57. The lowest BCUT2D eigenvalue weighted by Crippen LogP contribution is -2.51. The molecule has 1 saturated heterocycles. The Labute approximate surface area is 149 Å². The largest absolute Gasteiger partial charge is 0.350 e. The Morgan fingerprint density at radius 1 is 1.25 bits per heavy atom. The maximum absolute atomic E-state index is 12.5. The molecule has 132 valence electrons. The van der Waals surface area contributed by atoms with Crippen LogP contribution in [0.5, 0.6) is 0 Å². The molecule has 0 aliphatic carbocycles. The monoisotopic (exact) mass is 351 g/mol. The summed E-state index contributed by atoms with van der Waals surface area (Å²) in [6, 6.07) is 6.06. The quantitative estimate of drug-likeness (QED) is 0.873. The Bertz CT molecular complexity index is 606. The van der Waals surface area contributed by atoms with Crippen molar-refractivity contribution in [1.82, 2.24) is 15.5 Å². The van der Waals surface area contributed by atoms with Gasteiger partial charge in [-0.2, -0.15) is 0 Å². The Balaban J connectivity index is 0.00000208. The number of carbonyl (C=O) groups excluding carboxylic acids is 2. The number of hydrogen-bond acceptors (Lipinski definition) is 3. The maximum Gasteiger partial charge on any atom is 0.243 e. The van der Waals surface area contributed by atoms with Crippen molar-refractivity contribution < 1.29 is 9.59 Å². The normalized spacial score (nSPS) is 19.4. The Kier molecular flexibility index (Phi) is 6.63. The number of nitrogens with zero attached hydrogens (tertiary/aromatic N) is 1. The number of amides is 2. The molecule has 1 aromatic rings. The van der Waals surface area contributed by atoms with E-state index in [4.69, 9.17) is 0 Å². The van der Waals surface area contributed by atoms with Crippen LogP contribution in [-0.2, 0) is 29.2 Å². The summed E-state index contributed by atoms with van der Waals surface area (Å²) in [6.07, 6.45) is 3.23. The van der Waals surface area contributed by atoms with Crippen molar-refractivity contribution in [2.45, 2.75) is 58.3 Å². The van der Waals surface area contributed by atoms with Gasteiger partial charge in [0.15, 0.2) is 0 Å². The highest BCUT2D eigenvalue weighted by Gasteiger charge is 2.31. The zero-order chi connectivity index (χ0) is 16.2. The van der Waals surface area contributed by atoms with Crippen LogP contribution in [0.4, 0.5) is 0 Å². The highest BCUT2D eigenvalue weighted by Crippen LogP contribution is 2.19. The van der Waals surface area contributed by atoms with Gasteiger partial charge in [-0.1, -0.05) is 25.1 Å². The van der Waals surface area contributed by atoms with Gasteiger partial charge in [0, 0.05) is 32.6 Å². The summed E-state index contributed by atoms with van der Waals surface area (Å²) < 4.78 is 0. The summed E-state index contributed by atoms with van der Waals surface area (Å²) in [5.74, 6) is 0.0542. The second-order valence-electron chi connectivity index (χ2n) is 6.38. The minimum absolute atomic E-state index is 0. The summed E-state index contributed by atoms with van der Waals surface area (Å²) in [7, 11) is 0. The van der Waals surface area contributed by atoms with Gasteiger partial charge in [0.25, 0.3) is 0 Å². The predicted octanol–water partition coefficient (Wildman–Crippen LogP) is 2.12. The van der Waals surface area contributed by atoms with Crippen LogP contribution in [0.3, 0.4) is 0 Å². The molecule has 0 saturated carbocycles. The van der Waals surface area contributed by atoms with Crippen molar-refractivity contribution >= 4 is 24.2 Å². The van der Waals surface area contributed by atoms with Crippen molar-refractivity contribution in [2.24, 2.45) is 0 Å². The summed E-state index contributed by atoms with van der Waals surface area (Å²) in [4.78, 5) is 26.3. The van der Waals surface area contributed by atoms with E-state index in [2.05, 4.69) is 28.8 Å². The van der Waals surface area contributed by atoms with Gasteiger partial charge in [-0.15, -0.1) is 12.4 Å². The van der Waals surface area contributed by atoms with Gasteiger partial charge in [0.1, 0.15) is 6.04 Å². The second kappa shape index (κ2) is 8.49. The number of likely N-dealkylation sites (tertiary alicyclic amines) is 1. The third-order valence-corrected chi connectivity index (χ3v) is 4.80. The van der Waals surface area contributed by atoms with E-state index in [0.717, 1.165) is 37.9 Å². The summed E-state index contributed by atoms with van der Waals surface area (Å²) in [6.45, 7) is 4.91. The van der Waals surface area contributed by atoms with Crippen LogP contribution in [0.25, 0.3) is 0 Å². The van der Waals surface area contributed by atoms with Gasteiger partial charge in [0.2, 0.25) is 11.8 Å². The first-order chi connectivity index (χ1) is 11.2. The van der Waals surface area contributed by atoms with E-state index in [0.29, 0.717) is 19.5 Å². The molecule has 6 heteroatoms. The highest BCUT2D eigenvalue weighted by atomic mass is 35.5. The molecule has 1 unspecified atom stereocenters. The van der Waals surface area contributed by atoms with E-state index in [1.807, 2.05) is 6.92 Å². The number of fused-ring (bicyclic) bond motifs is 1. The third-order valence-electron chi connectivity index (χ3n) is 4.80. The lowest BCUT2D eigenvalue weighted by molar-refractivity contribution is -0.142. The van der Waals surface area contributed by atoms with Gasteiger partial charge in [0.05, 0.1) is 0 Å². The fraction of sp³-hybridized carbons (Fsp3) is 0.556. The SMILES string of the molecule is CCC(=O)N1CCCCC1C(=O)NCc1ccc2c(c1)CNC2.Cl. The van der Waals surface area contributed by atoms with Crippen molar-refractivity contribution in [3.63, 3.8) is 0 Å². The number of benzene rings is 1. The number of piperidine rings is 1. The van der Waals surface area contributed by atoms with E-state index in [9.17, 15) is 9.59 Å². The zero-order valence-electron chi connectivity index (χ0n) is 14.1. The number of nitrogens with one attached hydrogen (secondary N) is 2. The van der Waals surface area contributed by atoms with E-state index in [1.54, 1.807) is 4.90 Å².